The molecule has 0 unspecified atom stereocenters. The molecule has 14 heteroatoms. The highest BCUT2D eigenvalue weighted by Crippen LogP contribution is 2.58. The summed E-state index contributed by atoms with van der Waals surface area (Å²) in [5, 5.41) is 52.8. The molecule has 0 saturated heterocycles. The maximum absolute atomic E-state index is 15.6. The van der Waals surface area contributed by atoms with Gasteiger partial charge >= 0.3 is 5.97 Å². The summed E-state index contributed by atoms with van der Waals surface area (Å²) in [6.07, 6.45) is 22.2. The van der Waals surface area contributed by atoms with E-state index in [-0.39, 0.29) is 83.1 Å². The standard InChI is InChI=1S/C76H78N4O10/c1-46-13-10-17-55-18-12-20-61-63-44-77-43-54(63)41-76(46,55)28-23-59(89-48(3)82)38-58(85)40-66(53-35-68(86)73(69(36-53)88-4)90-60-33-50(32-57(84)39-60)31-49-14-6-5-7-15-49)80-45-64-65(22-21-62-72(64)67(80)42-75(74(62)87)26-8-9-27-75)79(30-25-47(2)81)70-37-52(24-29-78-70)71(61)51-16-11-19-56(83)34-51/h5-7,10-11,13-17,19,21-22,24,32-37,39,43-46,59,61,66,71,74,77-78,83-84,86-87H,8-9,18,23,25-31,38,40-42H2,1-4H3/t46-,59+,61-,66+,71+,74+,76+/m0/s1. The highest BCUT2D eigenvalue weighted by molar-refractivity contribution is 6.00. The lowest BCUT2D eigenvalue weighted by atomic mass is 9.61. The van der Waals surface area contributed by atoms with Gasteiger partial charge in [0, 0.05) is 104 Å². The number of allylic oxidation sites excluding steroid dienone is 6. The number of carbonyl (C=O) groups is 3. The summed E-state index contributed by atoms with van der Waals surface area (Å²) >= 11 is 0. The summed E-state index contributed by atoms with van der Waals surface area (Å²) < 4.78 is 21.0. The number of aliphatic hydroxyl groups excluding tert-OH is 1. The maximum Gasteiger partial charge on any atom is 0.302 e. The van der Waals surface area contributed by atoms with Crippen LogP contribution in [0.4, 0.5) is 5.69 Å². The van der Waals surface area contributed by atoms with Crippen molar-refractivity contribution >= 4 is 34.0 Å². The number of Topliss-reactive ketones (excluding diaryl/α,β-unsaturated/α-hetero) is 2. The van der Waals surface area contributed by atoms with Crippen LogP contribution in [0, 0.1) is 28.6 Å². The number of hydrogen-bond donors (Lipinski definition) is 6. The van der Waals surface area contributed by atoms with Gasteiger partial charge < -0.3 is 54.4 Å². The molecule has 1 saturated carbocycles. The summed E-state index contributed by atoms with van der Waals surface area (Å²) in [6, 6.07) is 29.0. The number of methoxy groups -OCH3 is 1. The smallest absolute Gasteiger partial charge is 0.302 e. The lowest BCUT2D eigenvalue weighted by molar-refractivity contribution is -0.148. The van der Waals surface area contributed by atoms with Crippen molar-refractivity contribution in [2.75, 3.05) is 25.1 Å². The molecule has 2 aliphatic heterocycles. The average molecular weight is 1210 g/mol. The van der Waals surface area contributed by atoms with E-state index in [0.717, 1.165) is 92.6 Å². The van der Waals surface area contributed by atoms with Gasteiger partial charge in [0.1, 0.15) is 40.7 Å². The van der Waals surface area contributed by atoms with Gasteiger partial charge in [0.15, 0.2) is 11.5 Å². The molecule has 0 amide bonds. The van der Waals surface area contributed by atoms with Crippen molar-refractivity contribution < 1.29 is 49.0 Å². The molecule has 14 nitrogen and oxygen atoms in total. The van der Waals surface area contributed by atoms with Gasteiger partial charge in [0.2, 0.25) is 5.75 Å². The van der Waals surface area contributed by atoms with Crippen LogP contribution in [0.25, 0.3) is 10.8 Å². The number of phenolic OH excluding ortho intramolecular Hbond substituents is 3. The van der Waals surface area contributed by atoms with E-state index in [2.05, 4.69) is 99.6 Å². The van der Waals surface area contributed by atoms with Crippen molar-refractivity contribution in [3.05, 3.63) is 208 Å². The summed E-state index contributed by atoms with van der Waals surface area (Å²) in [5.41, 5.74) is 9.08. The van der Waals surface area contributed by atoms with Gasteiger partial charge in [0.05, 0.1) is 30.9 Å². The quantitative estimate of drug-likeness (QED) is 0.0531. The predicted molar refractivity (Wildman–Crippen MR) is 347 cm³/mol. The summed E-state index contributed by atoms with van der Waals surface area (Å²) in [7, 11) is 1.50. The minimum Gasteiger partial charge on any atom is -0.508 e. The van der Waals surface area contributed by atoms with Crippen LogP contribution in [0.2, 0.25) is 0 Å². The number of H-pyrrole nitrogens is 1. The number of esters is 1. The molecule has 4 heterocycles. The molecule has 90 heavy (non-hydrogen) atoms. The molecule has 6 aliphatic rings. The van der Waals surface area contributed by atoms with E-state index < -0.39 is 35.0 Å². The number of ketones is 2. The molecule has 7 atom stereocenters. The molecule has 4 aliphatic carbocycles. The number of hydrogen-bond acceptors (Lipinski definition) is 12. The molecule has 13 rings (SSSR count). The number of aromatic hydroxyl groups is 3. The first-order valence-electron chi connectivity index (χ1n) is 31.8. The zero-order valence-corrected chi connectivity index (χ0v) is 51.6. The number of rotatable bonds is 11. The van der Waals surface area contributed by atoms with E-state index in [0.29, 0.717) is 57.2 Å². The Kier molecular flexibility index (Phi) is 16.4. The van der Waals surface area contributed by atoms with Gasteiger partial charge in [-0.15, -0.1) is 0 Å². The Morgan fingerprint density at radius 1 is 0.856 bits per heavy atom. The molecular weight excluding hydrogens is 1130 g/mol. The van der Waals surface area contributed by atoms with Gasteiger partial charge in [-0.25, -0.2) is 0 Å². The third-order valence-corrected chi connectivity index (χ3v) is 20.2. The lowest BCUT2D eigenvalue weighted by Gasteiger charge is -2.43. The number of fused-ring (bicyclic) bond motifs is 3. The molecule has 0 radical (unpaired) electrons. The zero-order valence-electron chi connectivity index (χ0n) is 51.6. The fourth-order valence-corrected chi connectivity index (χ4v) is 15.9. The fraction of sp³-hybridized carbons (Fsp3) is 0.355. The zero-order chi connectivity index (χ0) is 62.4. The van der Waals surface area contributed by atoms with Crippen LogP contribution in [0.3, 0.4) is 0 Å². The van der Waals surface area contributed by atoms with Crippen LogP contribution in [-0.4, -0.2) is 73.8 Å². The first-order valence-corrected chi connectivity index (χ1v) is 31.8. The third-order valence-electron chi connectivity index (χ3n) is 20.2. The lowest BCUT2D eigenvalue weighted by Crippen LogP contribution is -2.36. The Morgan fingerprint density at radius 3 is 2.48 bits per heavy atom. The number of aromatic amines is 1. The summed E-state index contributed by atoms with van der Waals surface area (Å²) in [5.74, 6) is 7.25. The topological polar surface area (TPSA) is 196 Å². The van der Waals surface area contributed by atoms with Crippen molar-refractivity contribution in [3.63, 3.8) is 0 Å². The SMILES string of the molecule is COc1cc([C@H]2CC(=O)C[C@H](OC(C)=O)CC[C@]34Cc5c[nH]cc5[C@H](C#CCC3=CC=C[C@@H]4C)[C@H](c3cccc(O)c3)C3=CCNC(=C3)N(CCC(C)=O)c3ccc4c5c(n2cc35)CC2(CCCC2)[C@@H]4O)cc(O)c1Oc1cc(O)cc(Cc2ccccc2)c1. The Labute approximate surface area is 525 Å². The van der Waals surface area contributed by atoms with E-state index >= 15 is 4.79 Å². The number of phenols is 3. The highest BCUT2D eigenvalue weighted by Gasteiger charge is 2.48. The largest absolute Gasteiger partial charge is 0.508 e. The van der Waals surface area contributed by atoms with E-state index in [1.807, 2.05) is 54.6 Å². The minimum absolute atomic E-state index is 0.00957. The number of nitrogens with one attached hydrogen (secondary N) is 2. The van der Waals surface area contributed by atoms with Gasteiger partial charge in [-0.1, -0.05) is 110 Å². The van der Waals surface area contributed by atoms with Crippen LogP contribution < -0.4 is 19.7 Å². The number of carbonyl (C=O) groups excluding carboxylic acids is 3. The van der Waals surface area contributed by atoms with Crippen molar-refractivity contribution in [1.82, 2.24) is 14.9 Å². The molecule has 2 spiro atoms. The van der Waals surface area contributed by atoms with Crippen molar-refractivity contribution in [2.24, 2.45) is 16.7 Å². The predicted octanol–water partition coefficient (Wildman–Crippen LogP) is 14.1. The van der Waals surface area contributed by atoms with Crippen LogP contribution in [0.15, 0.2) is 163 Å². The van der Waals surface area contributed by atoms with Crippen LogP contribution in [0.1, 0.15) is 154 Å². The van der Waals surface area contributed by atoms with E-state index in [1.54, 1.807) is 31.2 Å². The number of ether oxygens (including phenoxy) is 3. The van der Waals surface area contributed by atoms with Gasteiger partial charge in [-0.05, 0) is 151 Å². The van der Waals surface area contributed by atoms with E-state index in [9.17, 15) is 30.0 Å². The van der Waals surface area contributed by atoms with Crippen LogP contribution in [-0.2, 0) is 38.4 Å². The maximum atomic E-state index is 15.6. The monoisotopic (exact) mass is 1210 g/mol. The molecule has 5 aromatic carbocycles. The second kappa shape index (κ2) is 24.6. The highest BCUT2D eigenvalue weighted by atomic mass is 16.5. The molecule has 462 valence electrons. The normalized spacial score (nSPS) is 23.6. The second-order valence-corrected chi connectivity index (χ2v) is 25.9. The summed E-state index contributed by atoms with van der Waals surface area (Å²) in [4.78, 5) is 47.9. The third kappa shape index (κ3) is 11.5. The minimum atomic E-state index is -0.798. The van der Waals surface area contributed by atoms with Crippen molar-refractivity contribution in [1.29, 1.82) is 0 Å². The molecule has 7 aromatic rings. The van der Waals surface area contributed by atoms with Crippen LogP contribution >= 0.6 is 0 Å². The fourth-order valence-electron chi connectivity index (χ4n) is 15.9. The van der Waals surface area contributed by atoms with E-state index in [1.165, 1.54) is 25.7 Å². The molecule has 6 N–H and O–H groups in total. The Bertz CT molecular complexity index is 4150. The first kappa shape index (κ1) is 59.8. The number of dihydropyridines is 1. The number of aliphatic hydroxyl groups is 1. The number of nitrogens with zero attached hydrogens (tertiary/aromatic N) is 2. The molecular formula is C76H78N4O10. The average Bonchev–Trinajstić information content (AvgIpc) is 1.53. The molecule has 1 fully saturated rings. The Balaban J connectivity index is 1.02. The van der Waals surface area contributed by atoms with Crippen molar-refractivity contribution in [3.8, 4) is 46.3 Å². The Morgan fingerprint density at radius 2 is 1.69 bits per heavy atom. The first-order chi connectivity index (χ1) is 43.6. The van der Waals surface area contributed by atoms with Crippen LogP contribution in [0.5, 0.6) is 34.5 Å². The van der Waals surface area contributed by atoms with Crippen molar-refractivity contribution in [2.45, 2.75) is 134 Å². The van der Waals surface area contributed by atoms with E-state index in [4.69, 9.17) is 14.2 Å². The molecule has 2 aromatic heterocycles. The summed E-state index contributed by atoms with van der Waals surface area (Å²) in [6.45, 7) is 5.97. The van der Waals surface area contributed by atoms with Gasteiger partial charge in [0.25, 0.3) is 0 Å². The molecule has 6 bridgehead atoms. The van der Waals surface area contributed by atoms with Gasteiger partial charge in [-0.2, -0.15) is 0 Å². The van der Waals surface area contributed by atoms with Gasteiger partial charge in [-0.3, -0.25) is 14.4 Å². The second-order valence-electron chi connectivity index (χ2n) is 25.9. The number of benzene rings is 5. The number of aromatic nitrogens is 2. The number of anilines is 1. The Hall–Kier alpha value is -9.19.